The van der Waals surface area contributed by atoms with Crippen LogP contribution in [0.4, 0.5) is 0 Å². The molecule has 1 nitrogen and oxygen atoms in total. The molecule has 1 aliphatic heterocycles. The fraction of sp³-hybridized carbons (Fsp3) is 0.538. The van der Waals surface area contributed by atoms with Crippen LogP contribution in [0.3, 0.4) is 0 Å². The summed E-state index contributed by atoms with van der Waals surface area (Å²) in [6, 6.07) is 8.55. The molecule has 0 radical (unpaired) electrons. The van der Waals surface area contributed by atoms with E-state index in [-0.39, 0.29) is 0 Å². The highest BCUT2D eigenvalue weighted by atomic mass is 16.5. The van der Waals surface area contributed by atoms with Gasteiger partial charge in [-0.3, -0.25) is 0 Å². The van der Waals surface area contributed by atoms with Crippen molar-refractivity contribution in [2.75, 3.05) is 6.61 Å². The average molecular weight is 190 g/mol. The van der Waals surface area contributed by atoms with E-state index in [9.17, 15) is 0 Å². The van der Waals surface area contributed by atoms with Crippen molar-refractivity contribution >= 4 is 0 Å². The van der Waals surface area contributed by atoms with E-state index in [0.29, 0.717) is 6.10 Å². The van der Waals surface area contributed by atoms with Gasteiger partial charge in [-0.1, -0.05) is 31.2 Å². The molecular weight excluding hydrogens is 172 g/mol. The summed E-state index contributed by atoms with van der Waals surface area (Å²) in [6.45, 7) is 5.39. The molecule has 0 bridgehead atoms. The lowest BCUT2D eigenvalue weighted by Gasteiger charge is -2.28. The third kappa shape index (κ3) is 1.98. The van der Waals surface area contributed by atoms with Crippen LogP contribution in [0.15, 0.2) is 24.3 Å². The van der Waals surface area contributed by atoms with Gasteiger partial charge in [0, 0.05) is 6.61 Å². The minimum atomic E-state index is 0.333. The van der Waals surface area contributed by atoms with Gasteiger partial charge in [-0.2, -0.15) is 0 Å². The average Bonchev–Trinajstić information content (AvgIpc) is 2.18. The molecule has 0 aliphatic carbocycles. The van der Waals surface area contributed by atoms with Gasteiger partial charge in [-0.05, 0) is 36.8 Å². The van der Waals surface area contributed by atoms with Gasteiger partial charge < -0.3 is 4.74 Å². The van der Waals surface area contributed by atoms with Crippen molar-refractivity contribution < 1.29 is 4.74 Å². The lowest BCUT2D eigenvalue weighted by molar-refractivity contribution is -0.00666. The molecule has 1 aromatic rings. The summed E-state index contributed by atoms with van der Waals surface area (Å²) < 4.78 is 5.82. The Morgan fingerprint density at radius 2 is 2.07 bits per heavy atom. The highest BCUT2D eigenvalue weighted by molar-refractivity contribution is 5.28. The van der Waals surface area contributed by atoms with E-state index in [1.807, 2.05) is 0 Å². The summed E-state index contributed by atoms with van der Waals surface area (Å²) in [7, 11) is 0. The predicted octanol–water partition coefficient (Wildman–Crippen LogP) is 3.48. The second-order valence-electron chi connectivity index (χ2n) is 4.35. The Bertz CT molecular complexity index is 306. The normalized spacial score (nSPS) is 27.6. The highest BCUT2D eigenvalue weighted by Crippen LogP contribution is 2.32. The third-order valence-corrected chi connectivity index (χ3v) is 3.08. The van der Waals surface area contributed by atoms with Crippen LogP contribution >= 0.6 is 0 Å². The van der Waals surface area contributed by atoms with E-state index in [2.05, 4.69) is 38.1 Å². The van der Waals surface area contributed by atoms with Gasteiger partial charge in [-0.15, -0.1) is 0 Å². The topological polar surface area (TPSA) is 9.23 Å². The lowest BCUT2D eigenvalue weighted by atomic mass is 9.91. The zero-order valence-corrected chi connectivity index (χ0v) is 8.99. The molecule has 0 N–H and O–H groups in total. The Kier molecular flexibility index (Phi) is 2.87. The summed E-state index contributed by atoms with van der Waals surface area (Å²) in [5, 5.41) is 0. The number of benzene rings is 1. The second kappa shape index (κ2) is 4.14. The van der Waals surface area contributed by atoms with Crippen molar-refractivity contribution in [3.63, 3.8) is 0 Å². The van der Waals surface area contributed by atoms with E-state index in [1.54, 1.807) is 0 Å². The smallest absolute Gasteiger partial charge is 0.0830 e. The monoisotopic (exact) mass is 190 g/mol. The molecule has 0 saturated carbocycles. The Morgan fingerprint density at radius 1 is 1.29 bits per heavy atom. The summed E-state index contributed by atoms with van der Waals surface area (Å²) in [6.07, 6.45) is 2.72. The first kappa shape index (κ1) is 9.72. The molecule has 76 valence electrons. The third-order valence-electron chi connectivity index (χ3n) is 3.08. The standard InChI is InChI=1S/C13H18O/c1-10-7-8-14-13(9-10)12-6-4-3-5-11(12)2/h3-6,10,13H,7-9H2,1-2H3/t10-,13-/m1/s1. The van der Waals surface area contributed by atoms with Crippen LogP contribution in [-0.4, -0.2) is 6.61 Å². The highest BCUT2D eigenvalue weighted by Gasteiger charge is 2.21. The summed E-state index contributed by atoms with van der Waals surface area (Å²) >= 11 is 0. The molecule has 0 amide bonds. The van der Waals surface area contributed by atoms with Crippen molar-refractivity contribution in [2.24, 2.45) is 5.92 Å². The van der Waals surface area contributed by atoms with Gasteiger partial charge in [0.25, 0.3) is 0 Å². The molecular formula is C13H18O. The van der Waals surface area contributed by atoms with E-state index < -0.39 is 0 Å². The summed E-state index contributed by atoms with van der Waals surface area (Å²) in [5.74, 6) is 0.799. The van der Waals surface area contributed by atoms with Gasteiger partial charge in [-0.25, -0.2) is 0 Å². The maximum Gasteiger partial charge on any atom is 0.0830 e. The van der Waals surface area contributed by atoms with Crippen molar-refractivity contribution in [3.8, 4) is 0 Å². The van der Waals surface area contributed by atoms with Gasteiger partial charge in [0.15, 0.2) is 0 Å². The number of hydrogen-bond donors (Lipinski definition) is 0. The van der Waals surface area contributed by atoms with Crippen molar-refractivity contribution in [3.05, 3.63) is 35.4 Å². The predicted molar refractivity (Wildman–Crippen MR) is 58.3 cm³/mol. The first-order valence-corrected chi connectivity index (χ1v) is 5.44. The second-order valence-corrected chi connectivity index (χ2v) is 4.35. The van der Waals surface area contributed by atoms with Crippen molar-refractivity contribution in [1.29, 1.82) is 0 Å². The largest absolute Gasteiger partial charge is 0.373 e. The minimum absolute atomic E-state index is 0.333. The molecule has 0 aromatic heterocycles. The summed E-state index contributed by atoms with van der Waals surface area (Å²) in [5.41, 5.74) is 2.73. The van der Waals surface area contributed by atoms with Crippen LogP contribution in [0, 0.1) is 12.8 Å². The Labute approximate surface area is 86.1 Å². The van der Waals surface area contributed by atoms with E-state index >= 15 is 0 Å². The Morgan fingerprint density at radius 3 is 2.79 bits per heavy atom. The maximum atomic E-state index is 5.82. The first-order chi connectivity index (χ1) is 6.77. The molecule has 1 aromatic carbocycles. The van der Waals surface area contributed by atoms with Crippen molar-refractivity contribution in [1.82, 2.24) is 0 Å². The maximum absolute atomic E-state index is 5.82. The van der Waals surface area contributed by atoms with E-state index in [4.69, 9.17) is 4.74 Å². The minimum Gasteiger partial charge on any atom is -0.373 e. The quantitative estimate of drug-likeness (QED) is 0.658. The van der Waals surface area contributed by atoms with E-state index in [0.717, 1.165) is 12.5 Å². The van der Waals surface area contributed by atoms with Crippen molar-refractivity contribution in [2.45, 2.75) is 32.8 Å². The molecule has 1 aliphatic rings. The van der Waals surface area contributed by atoms with Crippen LogP contribution in [-0.2, 0) is 4.74 Å². The number of aryl methyl sites for hydroxylation is 1. The number of ether oxygens (including phenoxy) is 1. The van der Waals surface area contributed by atoms with Gasteiger partial charge in [0.05, 0.1) is 6.10 Å². The molecule has 1 saturated heterocycles. The first-order valence-electron chi connectivity index (χ1n) is 5.44. The zero-order valence-electron chi connectivity index (χ0n) is 8.99. The van der Waals surface area contributed by atoms with Crippen LogP contribution in [0.2, 0.25) is 0 Å². The molecule has 1 heteroatoms. The van der Waals surface area contributed by atoms with Gasteiger partial charge in [0.1, 0.15) is 0 Å². The molecule has 1 fully saturated rings. The number of hydrogen-bond acceptors (Lipinski definition) is 1. The molecule has 1 heterocycles. The molecule has 0 unspecified atom stereocenters. The van der Waals surface area contributed by atoms with Crippen LogP contribution < -0.4 is 0 Å². The van der Waals surface area contributed by atoms with E-state index in [1.165, 1.54) is 24.0 Å². The fourth-order valence-corrected chi connectivity index (χ4v) is 2.13. The van der Waals surface area contributed by atoms with Gasteiger partial charge in [0.2, 0.25) is 0 Å². The molecule has 14 heavy (non-hydrogen) atoms. The molecule has 2 atom stereocenters. The van der Waals surface area contributed by atoms with Crippen LogP contribution in [0.25, 0.3) is 0 Å². The van der Waals surface area contributed by atoms with Gasteiger partial charge >= 0.3 is 0 Å². The molecule has 2 rings (SSSR count). The molecule has 0 spiro atoms. The Balaban J connectivity index is 2.18. The number of rotatable bonds is 1. The summed E-state index contributed by atoms with van der Waals surface area (Å²) in [4.78, 5) is 0. The lowest BCUT2D eigenvalue weighted by Crippen LogP contribution is -2.18. The van der Waals surface area contributed by atoms with Crippen LogP contribution in [0.5, 0.6) is 0 Å². The van der Waals surface area contributed by atoms with Crippen LogP contribution in [0.1, 0.15) is 37.0 Å². The Hall–Kier alpha value is -0.820. The zero-order chi connectivity index (χ0) is 9.97. The SMILES string of the molecule is Cc1ccccc1[C@H]1C[C@H](C)CCO1. The fourth-order valence-electron chi connectivity index (χ4n) is 2.13.